The summed E-state index contributed by atoms with van der Waals surface area (Å²) in [5.41, 5.74) is 1.15. The van der Waals surface area contributed by atoms with Gasteiger partial charge in [0.05, 0.1) is 23.9 Å². The van der Waals surface area contributed by atoms with Crippen LogP contribution in [-0.2, 0) is 7.05 Å². The molecule has 8 nitrogen and oxygen atoms in total. The van der Waals surface area contributed by atoms with E-state index in [9.17, 15) is 4.39 Å². The lowest BCUT2D eigenvalue weighted by molar-refractivity contribution is 0.206. The average Bonchev–Trinajstić information content (AvgIpc) is 3.05. The van der Waals surface area contributed by atoms with Crippen LogP contribution in [-0.4, -0.2) is 49.4 Å². The van der Waals surface area contributed by atoms with Gasteiger partial charge in [0.2, 0.25) is 5.82 Å². The number of hydrogen-bond acceptors (Lipinski definition) is 7. The van der Waals surface area contributed by atoms with Crippen LogP contribution >= 0.6 is 0 Å². The molecular weight excluding hydrogens is 349 g/mol. The summed E-state index contributed by atoms with van der Waals surface area (Å²) in [7, 11) is 1.87. The van der Waals surface area contributed by atoms with Crippen LogP contribution in [0.5, 0.6) is 5.88 Å². The summed E-state index contributed by atoms with van der Waals surface area (Å²) in [6, 6.07) is 0. The first-order chi connectivity index (χ1) is 13.0. The van der Waals surface area contributed by atoms with E-state index in [1.54, 1.807) is 24.9 Å². The lowest BCUT2D eigenvalue weighted by atomic mass is 9.97. The third-order valence-electron chi connectivity index (χ3n) is 4.98. The Morgan fingerprint density at radius 2 is 1.96 bits per heavy atom. The minimum atomic E-state index is -0.474. The van der Waals surface area contributed by atoms with Crippen LogP contribution in [0.2, 0.25) is 0 Å². The molecule has 1 fully saturated rings. The topological polar surface area (TPSA) is 81.9 Å². The molecule has 0 unspecified atom stereocenters. The van der Waals surface area contributed by atoms with Crippen molar-refractivity contribution < 1.29 is 9.13 Å². The maximum absolute atomic E-state index is 14.1. The Balaban J connectivity index is 1.39. The molecule has 0 bridgehead atoms. The number of piperidine rings is 1. The third kappa shape index (κ3) is 3.41. The highest BCUT2D eigenvalue weighted by Gasteiger charge is 2.23. The van der Waals surface area contributed by atoms with Crippen molar-refractivity contribution in [1.82, 2.24) is 29.7 Å². The summed E-state index contributed by atoms with van der Waals surface area (Å²) in [6.07, 6.45) is 5.27. The molecule has 9 heteroatoms. The van der Waals surface area contributed by atoms with Crippen molar-refractivity contribution in [2.75, 3.05) is 24.6 Å². The Labute approximate surface area is 156 Å². The molecule has 27 heavy (non-hydrogen) atoms. The van der Waals surface area contributed by atoms with Crippen molar-refractivity contribution in [2.45, 2.75) is 26.7 Å². The van der Waals surface area contributed by atoms with Crippen LogP contribution in [0.1, 0.15) is 24.4 Å². The van der Waals surface area contributed by atoms with Gasteiger partial charge in [0.25, 0.3) is 5.88 Å². The number of ether oxygens (including phenoxy) is 1. The Morgan fingerprint density at radius 3 is 2.74 bits per heavy atom. The van der Waals surface area contributed by atoms with E-state index in [1.807, 2.05) is 13.2 Å². The van der Waals surface area contributed by atoms with Gasteiger partial charge >= 0.3 is 0 Å². The summed E-state index contributed by atoms with van der Waals surface area (Å²) in [5.74, 6) is 1.36. The second kappa shape index (κ2) is 7.05. The second-order valence-corrected chi connectivity index (χ2v) is 6.92. The minimum absolute atomic E-state index is 0.0512. The fraction of sp³-hybridized carbons (Fsp3) is 0.500. The first-order valence-corrected chi connectivity index (χ1v) is 9.04. The van der Waals surface area contributed by atoms with Gasteiger partial charge in [0, 0.05) is 20.1 Å². The van der Waals surface area contributed by atoms with Crippen molar-refractivity contribution in [1.29, 1.82) is 0 Å². The Morgan fingerprint density at radius 1 is 1.19 bits per heavy atom. The van der Waals surface area contributed by atoms with E-state index in [-0.39, 0.29) is 5.88 Å². The normalized spacial score (nSPS) is 15.5. The Bertz CT molecular complexity index is 966. The van der Waals surface area contributed by atoms with Gasteiger partial charge in [-0.1, -0.05) is 0 Å². The van der Waals surface area contributed by atoms with E-state index >= 15 is 0 Å². The molecule has 3 aromatic heterocycles. The fourth-order valence-electron chi connectivity index (χ4n) is 3.47. The van der Waals surface area contributed by atoms with E-state index in [2.05, 4.69) is 29.9 Å². The van der Waals surface area contributed by atoms with Gasteiger partial charge in [-0.3, -0.25) is 4.68 Å². The van der Waals surface area contributed by atoms with E-state index in [4.69, 9.17) is 4.74 Å². The number of nitrogens with zero attached hydrogens (tertiary/aromatic N) is 7. The van der Waals surface area contributed by atoms with Crippen LogP contribution in [0.4, 0.5) is 10.2 Å². The molecule has 0 saturated carbocycles. The zero-order valence-corrected chi connectivity index (χ0v) is 15.7. The molecule has 0 N–H and O–H groups in total. The van der Waals surface area contributed by atoms with E-state index < -0.39 is 5.82 Å². The Hall–Kier alpha value is -2.84. The van der Waals surface area contributed by atoms with Gasteiger partial charge in [-0.2, -0.15) is 14.5 Å². The largest absolute Gasteiger partial charge is 0.475 e. The Kier molecular flexibility index (Phi) is 4.59. The molecule has 1 aliphatic rings. The first-order valence-electron chi connectivity index (χ1n) is 9.04. The molecule has 3 aromatic rings. The molecule has 0 spiro atoms. The summed E-state index contributed by atoms with van der Waals surface area (Å²) in [4.78, 5) is 19.1. The highest BCUT2D eigenvalue weighted by molar-refractivity contribution is 5.86. The number of rotatable bonds is 4. The van der Waals surface area contributed by atoms with E-state index in [0.29, 0.717) is 24.0 Å². The number of halogens is 1. The fourth-order valence-corrected chi connectivity index (χ4v) is 3.47. The van der Waals surface area contributed by atoms with Crippen molar-refractivity contribution in [3.05, 3.63) is 29.9 Å². The lowest BCUT2D eigenvalue weighted by Gasteiger charge is -2.32. The van der Waals surface area contributed by atoms with Gasteiger partial charge in [0.1, 0.15) is 18.0 Å². The number of hydrogen-bond donors (Lipinski definition) is 0. The average molecular weight is 371 g/mol. The summed E-state index contributed by atoms with van der Waals surface area (Å²) < 4.78 is 21.5. The first kappa shape index (κ1) is 17.6. The van der Waals surface area contributed by atoms with Gasteiger partial charge in [0.15, 0.2) is 5.65 Å². The summed E-state index contributed by atoms with van der Waals surface area (Å²) in [6.45, 7) is 5.53. The molecule has 142 valence electrons. The van der Waals surface area contributed by atoms with Crippen molar-refractivity contribution in [2.24, 2.45) is 13.0 Å². The third-order valence-corrected chi connectivity index (χ3v) is 4.98. The molecule has 0 radical (unpaired) electrons. The molecule has 0 aliphatic carbocycles. The standard InChI is InChI=1S/C18H22FN7O/c1-11-15(19)18(24-12(2)23-11)27-9-13-4-6-26(7-5-13)17-14-8-22-25(3)16(14)20-10-21-17/h8,10,13H,4-7,9H2,1-3H3. The van der Waals surface area contributed by atoms with Crippen molar-refractivity contribution in [3.63, 3.8) is 0 Å². The molecule has 0 aromatic carbocycles. The molecular formula is C18H22FN7O. The quantitative estimate of drug-likeness (QED) is 0.695. The highest BCUT2D eigenvalue weighted by Crippen LogP contribution is 2.27. The molecule has 0 amide bonds. The minimum Gasteiger partial charge on any atom is -0.475 e. The lowest BCUT2D eigenvalue weighted by Crippen LogP contribution is -2.36. The number of aromatic nitrogens is 6. The SMILES string of the molecule is Cc1nc(C)c(F)c(OCC2CCN(c3ncnc4c3cnn4C)CC2)n1. The molecule has 1 saturated heterocycles. The van der Waals surface area contributed by atoms with Crippen molar-refractivity contribution in [3.8, 4) is 5.88 Å². The molecule has 4 rings (SSSR count). The smallest absolute Gasteiger partial charge is 0.254 e. The predicted molar refractivity (Wildman–Crippen MR) is 98.2 cm³/mol. The summed E-state index contributed by atoms with van der Waals surface area (Å²) in [5, 5.41) is 5.23. The maximum Gasteiger partial charge on any atom is 0.254 e. The van der Waals surface area contributed by atoms with Gasteiger partial charge in [-0.05, 0) is 32.6 Å². The van der Waals surface area contributed by atoms with E-state index in [1.165, 1.54) is 0 Å². The predicted octanol–water partition coefficient (Wildman–Crippen LogP) is 2.20. The zero-order valence-electron chi connectivity index (χ0n) is 15.7. The monoisotopic (exact) mass is 371 g/mol. The molecule has 4 heterocycles. The van der Waals surface area contributed by atoms with Crippen LogP contribution in [0.15, 0.2) is 12.5 Å². The molecule has 1 aliphatic heterocycles. The summed E-state index contributed by atoms with van der Waals surface area (Å²) >= 11 is 0. The number of anilines is 1. The van der Waals surface area contributed by atoms with Crippen LogP contribution in [0.25, 0.3) is 11.0 Å². The van der Waals surface area contributed by atoms with Crippen molar-refractivity contribution >= 4 is 16.9 Å². The zero-order chi connectivity index (χ0) is 19.0. The van der Waals surface area contributed by atoms with E-state index in [0.717, 1.165) is 42.8 Å². The van der Waals surface area contributed by atoms with Crippen LogP contribution < -0.4 is 9.64 Å². The van der Waals surface area contributed by atoms with Crippen LogP contribution in [0.3, 0.4) is 0 Å². The van der Waals surface area contributed by atoms with Gasteiger partial charge < -0.3 is 9.64 Å². The highest BCUT2D eigenvalue weighted by atomic mass is 19.1. The second-order valence-electron chi connectivity index (χ2n) is 6.92. The van der Waals surface area contributed by atoms with Gasteiger partial charge in [-0.25, -0.2) is 15.0 Å². The number of aryl methyl sites for hydroxylation is 3. The number of fused-ring (bicyclic) bond motifs is 1. The molecule has 0 atom stereocenters. The maximum atomic E-state index is 14.1. The van der Waals surface area contributed by atoms with Gasteiger partial charge in [-0.15, -0.1) is 0 Å². The van der Waals surface area contributed by atoms with Crippen LogP contribution in [0, 0.1) is 25.6 Å².